The molecule has 0 bridgehead atoms. The van der Waals surface area contributed by atoms with Crippen LogP contribution in [0.4, 0.5) is 4.79 Å². The Morgan fingerprint density at radius 2 is 2.04 bits per heavy atom. The largest absolute Gasteiger partial charge is 0.444 e. The summed E-state index contributed by atoms with van der Waals surface area (Å²) in [6.45, 7) is 6.99. The monoisotopic (exact) mass is 370 g/mol. The van der Waals surface area contributed by atoms with E-state index in [4.69, 9.17) is 9.26 Å². The quantitative estimate of drug-likeness (QED) is 0.818. The van der Waals surface area contributed by atoms with Crippen molar-refractivity contribution in [1.82, 2.24) is 20.8 Å². The number of hydrogen-bond acceptors (Lipinski definition) is 7. The van der Waals surface area contributed by atoms with Crippen LogP contribution in [0.15, 0.2) is 4.52 Å². The molecule has 1 aliphatic rings. The molecule has 1 fully saturated rings. The highest BCUT2D eigenvalue weighted by Crippen LogP contribution is 2.29. The van der Waals surface area contributed by atoms with E-state index in [0.29, 0.717) is 17.6 Å². The average molecular weight is 370 g/mol. The highest BCUT2D eigenvalue weighted by molar-refractivity contribution is 7.99. The number of nitrogens with one attached hydrogen (secondary N) is 2. The average Bonchev–Trinajstić information content (AvgIpc) is 3.00. The maximum absolute atomic E-state index is 12.1. The number of carbonyl (C=O) groups is 2. The van der Waals surface area contributed by atoms with Crippen LogP contribution >= 0.6 is 11.8 Å². The summed E-state index contributed by atoms with van der Waals surface area (Å²) in [5, 5.41) is 9.18. The first-order valence-corrected chi connectivity index (χ1v) is 9.57. The molecule has 0 radical (unpaired) electrons. The van der Waals surface area contributed by atoms with Crippen LogP contribution in [0.2, 0.25) is 0 Å². The lowest BCUT2D eigenvalue weighted by Gasteiger charge is -2.21. The van der Waals surface area contributed by atoms with Crippen molar-refractivity contribution >= 4 is 23.8 Å². The third-order valence-corrected chi connectivity index (χ3v) is 4.66. The van der Waals surface area contributed by atoms with E-state index in [0.717, 1.165) is 24.3 Å². The molecule has 1 aliphatic heterocycles. The maximum Gasteiger partial charge on any atom is 0.408 e. The van der Waals surface area contributed by atoms with Crippen LogP contribution in [0, 0.1) is 0 Å². The summed E-state index contributed by atoms with van der Waals surface area (Å²) in [5.74, 6) is 3.29. The van der Waals surface area contributed by atoms with Gasteiger partial charge in [0.05, 0.1) is 6.54 Å². The van der Waals surface area contributed by atoms with Crippen molar-refractivity contribution in [2.24, 2.45) is 0 Å². The first kappa shape index (κ1) is 19.6. The molecule has 9 heteroatoms. The van der Waals surface area contributed by atoms with E-state index in [1.54, 1.807) is 27.7 Å². The Morgan fingerprint density at radius 1 is 1.36 bits per heavy atom. The molecule has 140 valence electrons. The molecule has 0 spiro atoms. The second-order valence-electron chi connectivity index (χ2n) is 7.02. The fourth-order valence-corrected chi connectivity index (χ4v) is 3.43. The van der Waals surface area contributed by atoms with E-state index >= 15 is 0 Å². The molecule has 0 saturated carbocycles. The summed E-state index contributed by atoms with van der Waals surface area (Å²) in [5.41, 5.74) is -0.613. The van der Waals surface area contributed by atoms with E-state index in [-0.39, 0.29) is 12.5 Å². The molecular formula is C16H26N4O4S. The molecule has 25 heavy (non-hydrogen) atoms. The van der Waals surface area contributed by atoms with Crippen LogP contribution in [0.3, 0.4) is 0 Å². The number of nitrogens with zero attached hydrogens (tertiary/aromatic N) is 2. The van der Waals surface area contributed by atoms with Crippen molar-refractivity contribution in [1.29, 1.82) is 0 Å². The van der Waals surface area contributed by atoms with E-state index in [1.165, 1.54) is 0 Å². The Kier molecular flexibility index (Phi) is 6.69. The van der Waals surface area contributed by atoms with Crippen molar-refractivity contribution in [3.8, 4) is 0 Å². The van der Waals surface area contributed by atoms with Gasteiger partial charge in [-0.15, -0.1) is 0 Å². The zero-order valence-corrected chi connectivity index (χ0v) is 15.9. The zero-order valence-electron chi connectivity index (χ0n) is 15.1. The van der Waals surface area contributed by atoms with Crippen LogP contribution < -0.4 is 10.6 Å². The molecule has 8 nitrogen and oxygen atoms in total. The fraction of sp³-hybridized carbons (Fsp3) is 0.750. The second kappa shape index (κ2) is 8.55. The summed E-state index contributed by atoms with van der Waals surface area (Å²) in [4.78, 5) is 28.1. The summed E-state index contributed by atoms with van der Waals surface area (Å²) in [7, 11) is 0. The molecule has 2 heterocycles. The zero-order chi connectivity index (χ0) is 18.4. The van der Waals surface area contributed by atoms with Gasteiger partial charge in [-0.2, -0.15) is 16.7 Å². The number of aromatic nitrogens is 2. The predicted molar refractivity (Wildman–Crippen MR) is 94.3 cm³/mol. The molecule has 1 aromatic rings. The van der Waals surface area contributed by atoms with Gasteiger partial charge >= 0.3 is 6.09 Å². The highest BCUT2D eigenvalue weighted by atomic mass is 32.2. The van der Waals surface area contributed by atoms with Gasteiger partial charge in [0.2, 0.25) is 11.8 Å². The third kappa shape index (κ3) is 6.56. The molecule has 2 rings (SSSR count). The molecule has 0 unspecified atom stereocenters. The molecule has 1 atom stereocenters. The minimum absolute atomic E-state index is 0.133. The maximum atomic E-state index is 12.1. The number of amides is 2. The lowest BCUT2D eigenvalue weighted by molar-refractivity contribution is -0.123. The molecule has 1 aromatic heterocycles. The summed E-state index contributed by atoms with van der Waals surface area (Å²) < 4.78 is 10.3. The van der Waals surface area contributed by atoms with Crippen molar-refractivity contribution in [3.63, 3.8) is 0 Å². The van der Waals surface area contributed by atoms with Crippen molar-refractivity contribution in [2.75, 3.05) is 11.5 Å². The van der Waals surface area contributed by atoms with Gasteiger partial charge in [0, 0.05) is 5.92 Å². The minimum atomic E-state index is -0.729. The van der Waals surface area contributed by atoms with E-state index < -0.39 is 17.7 Å². The first-order valence-electron chi connectivity index (χ1n) is 8.42. The number of ether oxygens (including phenoxy) is 1. The second-order valence-corrected chi connectivity index (χ2v) is 8.24. The van der Waals surface area contributed by atoms with Crippen molar-refractivity contribution in [3.05, 3.63) is 11.7 Å². The van der Waals surface area contributed by atoms with Gasteiger partial charge in [-0.3, -0.25) is 4.79 Å². The Hall–Kier alpha value is -1.77. The van der Waals surface area contributed by atoms with E-state index in [2.05, 4.69) is 20.8 Å². The number of hydrogen-bond donors (Lipinski definition) is 2. The molecular weight excluding hydrogens is 344 g/mol. The molecule has 2 amide bonds. The summed E-state index contributed by atoms with van der Waals surface area (Å²) in [6.07, 6.45) is 1.46. The van der Waals surface area contributed by atoms with Gasteiger partial charge in [-0.05, 0) is 52.0 Å². The lowest BCUT2D eigenvalue weighted by atomic mass is 10.0. The number of thioether (sulfide) groups is 1. The summed E-state index contributed by atoms with van der Waals surface area (Å²) >= 11 is 1.94. The number of carbonyl (C=O) groups excluding carboxylic acids is 2. The topological polar surface area (TPSA) is 106 Å². The van der Waals surface area contributed by atoms with Crippen LogP contribution in [-0.4, -0.2) is 45.3 Å². The third-order valence-electron chi connectivity index (χ3n) is 3.61. The number of rotatable bonds is 5. The van der Waals surface area contributed by atoms with Crippen LogP contribution in [0.25, 0.3) is 0 Å². The minimum Gasteiger partial charge on any atom is -0.444 e. The lowest BCUT2D eigenvalue weighted by Crippen LogP contribution is -2.46. The molecule has 2 N–H and O–H groups in total. The predicted octanol–water partition coefficient (Wildman–Crippen LogP) is 2.21. The van der Waals surface area contributed by atoms with Gasteiger partial charge < -0.3 is 19.9 Å². The highest BCUT2D eigenvalue weighted by Gasteiger charge is 2.23. The Bertz CT molecular complexity index is 593. The standard InChI is InChI=1S/C16H26N4O4S/c1-10(18-15(22)23-16(2,3)4)14(21)17-9-12-19-13(20-24-12)11-5-7-25-8-6-11/h10-11H,5-9H2,1-4H3,(H,17,21)(H,18,22)/t10-/m0/s1. The van der Waals surface area contributed by atoms with E-state index in [1.807, 2.05) is 11.8 Å². The Morgan fingerprint density at radius 3 is 2.68 bits per heavy atom. The first-order chi connectivity index (χ1) is 11.7. The SMILES string of the molecule is C[C@H](NC(=O)OC(C)(C)C)C(=O)NCc1nc(C2CCSCC2)no1. The molecule has 1 saturated heterocycles. The normalized spacial score (nSPS) is 17.0. The number of alkyl carbamates (subject to hydrolysis) is 1. The molecule has 0 aromatic carbocycles. The Labute approximate surface area is 151 Å². The van der Waals surface area contributed by atoms with Gasteiger partial charge in [-0.25, -0.2) is 4.79 Å². The smallest absolute Gasteiger partial charge is 0.408 e. The van der Waals surface area contributed by atoms with Crippen molar-refractivity contribution < 1.29 is 18.8 Å². The van der Waals surface area contributed by atoms with Crippen LogP contribution in [0.5, 0.6) is 0 Å². The molecule has 0 aliphatic carbocycles. The fourth-order valence-electron chi connectivity index (χ4n) is 2.33. The summed E-state index contributed by atoms with van der Waals surface area (Å²) in [6, 6.07) is -0.729. The van der Waals surface area contributed by atoms with Crippen molar-refractivity contribution in [2.45, 2.75) is 64.6 Å². The van der Waals surface area contributed by atoms with Crippen LogP contribution in [0.1, 0.15) is 58.2 Å². The van der Waals surface area contributed by atoms with Gasteiger partial charge in [0.1, 0.15) is 11.6 Å². The van der Waals surface area contributed by atoms with Gasteiger partial charge in [0.15, 0.2) is 5.82 Å². The van der Waals surface area contributed by atoms with Crippen LogP contribution in [-0.2, 0) is 16.1 Å². The van der Waals surface area contributed by atoms with Gasteiger partial charge in [-0.1, -0.05) is 5.16 Å². The Balaban J connectivity index is 1.77. The van der Waals surface area contributed by atoms with E-state index in [9.17, 15) is 9.59 Å². The van der Waals surface area contributed by atoms with Gasteiger partial charge in [0.25, 0.3) is 0 Å².